The molecule has 4 heterocycles. The van der Waals surface area contributed by atoms with Crippen molar-refractivity contribution in [3.63, 3.8) is 0 Å². The van der Waals surface area contributed by atoms with Crippen LogP contribution in [0, 0.1) is 11.8 Å². The van der Waals surface area contributed by atoms with Crippen LogP contribution >= 0.6 is 0 Å². The van der Waals surface area contributed by atoms with Gasteiger partial charge in [-0.05, 0) is 62.1 Å². The number of benzene rings is 1. The van der Waals surface area contributed by atoms with Crippen molar-refractivity contribution in [1.82, 2.24) is 24.3 Å². The molecule has 1 fully saturated rings. The minimum Gasteiger partial charge on any atom is -0.439 e. The van der Waals surface area contributed by atoms with Gasteiger partial charge < -0.3 is 15.4 Å². The molecule has 5 rings (SSSR count). The summed E-state index contributed by atoms with van der Waals surface area (Å²) in [6, 6.07) is 10.3. The third-order valence-corrected chi connectivity index (χ3v) is 6.33. The van der Waals surface area contributed by atoms with E-state index in [1.807, 2.05) is 6.07 Å². The fourth-order valence-electron chi connectivity index (χ4n) is 4.58. The summed E-state index contributed by atoms with van der Waals surface area (Å²) in [5, 5.41) is 0. The van der Waals surface area contributed by atoms with Crippen molar-refractivity contribution in [3.05, 3.63) is 66.1 Å². The number of hydrogen-bond acceptors (Lipinski definition) is 6. The number of hydrogen-bond donors (Lipinski definition) is 1. The molecule has 0 saturated carbocycles. The fourth-order valence-corrected chi connectivity index (χ4v) is 4.58. The predicted molar refractivity (Wildman–Crippen MR) is 134 cm³/mol. The number of aromatic nitrogens is 4. The maximum atomic E-state index is 13.0. The number of piperidine rings is 1. The van der Waals surface area contributed by atoms with Gasteiger partial charge in [0.1, 0.15) is 11.6 Å². The van der Waals surface area contributed by atoms with Crippen LogP contribution in [0.15, 0.2) is 54.9 Å². The molecule has 1 aliphatic rings. The molecule has 0 radical (unpaired) electrons. The lowest BCUT2D eigenvalue weighted by atomic mass is 9.94. The van der Waals surface area contributed by atoms with Gasteiger partial charge in [-0.2, -0.15) is 13.2 Å². The number of carbonyl (C=O) groups is 1. The second kappa shape index (κ2) is 10.0. The molecular formula is C27H23F3N6O2. The Bertz CT molecular complexity index is 1550. The lowest BCUT2D eigenvalue weighted by molar-refractivity contribution is -0.137. The molecule has 1 amide bonds. The second-order valence-electron chi connectivity index (χ2n) is 8.82. The van der Waals surface area contributed by atoms with Gasteiger partial charge in [0.05, 0.1) is 16.8 Å². The molecule has 1 saturated heterocycles. The number of carbonyl (C=O) groups excluding carboxylic acids is 1. The Balaban J connectivity index is 1.45. The predicted octanol–water partition coefficient (Wildman–Crippen LogP) is 4.91. The van der Waals surface area contributed by atoms with Crippen LogP contribution in [0.1, 0.15) is 36.9 Å². The van der Waals surface area contributed by atoms with Crippen LogP contribution < -0.4 is 10.5 Å². The van der Waals surface area contributed by atoms with Crippen LogP contribution in [0.25, 0.3) is 16.9 Å². The normalized spacial score (nSPS) is 15.7. The Morgan fingerprint density at radius 2 is 1.89 bits per heavy atom. The molecule has 1 atom stereocenters. The van der Waals surface area contributed by atoms with Crippen LogP contribution in [0.3, 0.4) is 0 Å². The summed E-state index contributed by atoms with van der Waals surface area (Å²) in [4.78, 5) is 27.1. The molecule has 0 spiro atoms. The largest absolute Gasteiger partial charge is 0.439 e. The highest BCUT2D eigenvalue weighted by molar-refractivity contribution is 5.93. The molecule has 1 unspecified atom stereocenters. The third kappa shape index (κ3) is 4.98. The van der Waals surface area contributed by atoms with E-state index in [0.717, 1.165) is 42.4 Å². The zero-order chi connectivity index (χ0) is 26.9. The van der Waals surface area contributed by atoms with E-state index in [1.165, 1.54) is 0 Å². The molecule has 0 aliphatic carbocycles. The average molecular weight is 521 g/mol. The van der Waals surface area contributed by atoms with Crippen LogP contribution in [0.5, 0.6) is 11.6 Å². The number of pyridine rings is 1. The molecule has 38 heavy (non-hydrogen) atoms. The zero-order valence-electron chi connectivity index (χ0n) is 20.4. The number of imidazole rings is 1. The molecule has 1 aromatic carbocycles. The number of nitrogens with zero attached hydrogens (tertiary/aromatic N) is 5. The number of likely N-dealkylation sites (tertiary alicyclic amines) is 1. The molecule has 8 nitrogen and oxygen atoms in total. The molecule has 3 aromatic heterocycles. The first kappa shape index (κ1) is 25.1. The van der Waals surface area contributed by atoms with Gasteiger partial charge in [0, 0.05) is 43.0 Å². The fraction of sp³-hybridized carbons (Fsp3) is 0.259. The first-order valence-corrected chi connectivity index (χ1v) is 11.9. The zero-order valence-corrected chi connectivity index (χ0v) is 20.4. The third-order valence-electron chi connectivity index (χ3n) is 6.33. The van der Waals surface area contributed by atoms with Crippen molar-refractivity contribution in [2.75, 3.05) is 18.8 Å². The van der Waals surface area contributed by atoms with Crippen LogP contribution in [0.4, 0.5) is 19.1 Å². The van der Waals surface area contributed by atoms with Gasteiger partial charge in [-0.3, -0.25) is 9.20 Å². The van der Waals surface area contributed by atoms with Gasteiger partial charge in [0.25, 0.3) is 5.91 Å². The van der Waals surface area contributed by atoms with E-state index in [1.54, 1.807) is 46.7 Å². The maximum absolute atomic E-state index is 13.0. The first-order valence-electron chi connectivity index (χ1n) is 11.9. The van der Waals surface area contributed by atoms with Gasteiger partial charge in [-0.15, -0.1) is 0 Å². The first-order chi connectivity index (χ1) is 18.2. The minimum absolute atomic E-state index is 0.00787. The minimum atomic E-state index is -4.50. The number of nitrogen functional groups attached to an aromatic ring is 1. The number of rotatable bonds is 4. The molecule has 2 N–H and O–H groups in total. The van der Waals surface area contributed by atoms with E-state index < -0.39 is 11.7 Å². The van der Waals surface area contributed by atoms with Crippen molar-refractivity contribution >= 4 is 17.4 Å². The topological polar surface area (TPSA) is 98.6 Å². The van der Waals surface area contributed by atoms with E-state index in [0.29, 0.717) is 30.2 Å². The second-order valence-corrected chi connectivity index (χ2v) is 8.82. The quantitative estimate of drug-likeness (QED) is 0.384. The van der Waals surface area contributed by atoms with E-state index >= 15 is 0 Å². The molecule has 0 bridgehead atoms. The van der Waals surface area contributed by atoms with Crippen LogP contribution in [-0.2, 0) is 11.0 Å². The van der Waals surface area contributed by atoms with Gasteiger partial charge in [0.15, 0.2) is 0 Å². The Morgan fingerprint density at radius 3 is 2.63 bits per heavy atom. The molecule has 11 heteroatoms. The highest BCUT2D eigenvalue weighted by Gasteiger charge is 2.31. The Kier molecular flexibility index (Phi) is 6.63. The van der Waals surface area contributed by atoms with Crippen molar-refractivity contribution in [2.24, 2.45) is 0 Å². The number of fused-ring (bicyclic) bond motifs is 1. The molecule has 194 valence electrons. The number of anilines is 1. The molecule has 4 aromatic rings. The number of alkyl halides is 3. The Hall–Kier alpha value is -4.59. The summed E-state index contributed by atoms with van der Waals surface area (Å²) in [5.41, 5.74) is 7.70. The molecular weight excluding hydrogens is 497 g/mol. The average Bonchev–Trinajstić information content (AvgIpc) is 3.30. The van der Waals surface area contributed by atoms with Crippen molar-refractivity contribution in [3.8, 4) is 34.9 Å². The van der Waals surface area contributed by atoms with Crippen LogP contribution in [-0.4, -0.2) is 43.2 Å². The number of nitrogens with two attached hydrogens (primary N) is 1. The van der Waals surface area contributed by atoms with Gasteiger partial charge >= 0.3 is 6.18 Å². The van der Waals surface area contributed by atoms with E-state index in [2.05, 4.69) is 21.8 Å². The Labute approximate surface area is 216 Å². The molecule has 1 aliphatic heterocycles. The highest BCUT2D eigenvalue weighted by atomic mass is 19.4. The van der Waals surface area contributed by atoms with E-state index in [4.69, 9.17) is 15.5 Å². The summed E-state index contributed by atoms with van der Waals surface area (Å²) in [6.45, 7) is 2.78. The van der Waals surface area contributed by atoms with Crippen molar-refractivity contribution < 1.29 is 22.7 Å². The number of ether oxygens (including phenoxy) is 1. The number of halogens is 3. The monoisotopic (exact) mass is 520 g/mol. The van der Waals surface area contributed by atoms with Crippen LogP contribution in [0.2, 0.25) is 0 Å². The van der Waals surface area contributed by atoms with E-state index in [-0.39, 0.29) is 23.7 Å². The van der Waals surface area contributed by atoms with Gasteiger partial charge in [-0.25, -0.2) is 15.0 Å². The number of amides is 1. The lowest BCUT2D eigenvalue weighted by Gasteiger charge is -2.30. The lowest BCUT2D eigenvalue weighted by Crippen LogP contribution is -2.38. The maximum Gasteiger partial charge on any atom is 0.416 e. The van der Waals surface area contributed by atoms with Crippen molar-refractivity contribution in [2.45, 2.75) is 31.9 Å². The van der Waals surface area contributed by atoms with Crippen molar-refractivity contribution in [1.29, 1.82) is 0 Å². The summed E-state index contributed by atoms with van der Waals surface area (Å²) in [5.74, 6) is 6.01. The van der Waals surface area contributed by atoms with Gasteiger partial charge in [0.2, 0.25) is 11.8 Å². The summed E-state index contributed by atoms with van der Waals surface area (Å²) in [6.07, 6.45) is -0.145. The summed E-state index contributed by atoms with van der Waals surface area (Å²) >= 11 is 0. The van der Waals surface area contributed by atoms with E-state index in [9.17, 15) is 18.0 Å². The highest BCUT2D eigenvalue weighted by Crippen LogP contribution is 2.35. The smallest absolute Gasteiger partial charge is 0.416 e. The summed E-state index contributed by atoms with van der Waals surface area (Å²) in [7, 11) is 0. The Morgan fingerprint density at radius 1 is 1.13 bits per heavy atom. The summed E-state index contributed by atoms with van der Waals surface area (Å²) < 4.78 is 46.3. The van der Waals surface area contributed by atoms with Gasteiger partial charge in [-0.1, -0.05) is 5.92 Å². The SMILES string of the molecule is CC#CC(=O)N1CCCC(c2nc(-c3ccc(Oc4cc(C(F)(F)F)ccn4)cc3)n3c(N)nccc23)C1. The standard InChI is InChI=1S/C27H23F3N6O2/c1-2-4-23(37)35-14-3-5-18(16-35)24-21-11-13-33-26(31)36(21)25(34-24)17-6-8-20(9-7-17)38-22-15-19(10-12-32-22)27(28,29)30/h6-13,15,18H,3,5,14,16H2,1H3,(H2,31,33).